The number of hydrogen-bond acceptors (Lipinski definition) is 4. The van der Waals surface area contributed by atoms with E-state index in [1.165, 1.54) is 148 Å². The Bertz CT molecular complexity index is 434. The second-order valence-electron chi connectivity index (χ2n) is 12.0. The molecule has 0 bridgehead atoms. The van der Waals surface area contributed by atoms with Crippen LogP contribution in [0.5, 0.6) is 0 Å². The van der Waals surface area contributed by atoms with E-state index in [0.29, 0.717) is 6.61 Å². The van der Waals surface area contributed by atoms with Gasteiger partial charge in [0.05, 0.1) is 19.3 Å². The fourth-order valence-corrected chi connectivity index (χ4v) is 5.39. The Labute approximate surface area is 246 Å². The Balaban J connectivity index is 4.15. The zero-order valence-corrected chi connectivity index (χ0v) is 27.2. The van der Waals surface area contributed by atoms with Crippen LogP contribution in [-0.4, -0.2) is 62.2 Å². The van der Waals surface area contributed by atoms with Crippen molar-refractivity contribution >= 4 is 0 Å². The molecule has 39 heavy (non-hydrogen) atoms. The van der Waals surface area contributed by atoms with Crippen molar-refractivity contribution in [2.24, 2.45) is 0 Å². The fraction of sp³-hybridized carbons (Fsp3) is 1.00. The molecule has 0 saturated heterocycles. The van der Waals surface area contributed by atoms with Gasteiger partial charge in [-0.15, -0.1) is 0 Å². The van der Waals surface area contributed by atoms with E-state index in [1.54, 1.807) is 0 Å². The van der Waals surface area contributed by atoms with Gasteiger partial charge in [-0.3, -0.25) is 4.90 Å². The van der Waals surface area contributed by atoms with Gasteiger partial charge in [-0.25, -0.2) is 0 Å². The molecule has 0 aliphatic heterocycles. The molecule has 0 fully saturated rings. The maximum absolute atomic E-state index is 9.60. The van der Waals surface area contributed by atoms with E-state index >= 15 is 0 Å². The standard InChI is InChI=1S/C35H73NO3/c1-4-7-10-13-15-17-19-21-23-26-31-38-34-35(33-36(29-30-37)28-25-12-9-6-3)39-32-27-24-22-20-18-16-14-11-8-5-2/h35,37H,4-34H2,1-3H3. The third-order valence-corrected chi connectivity index (χ3v) is 8.00. The first-order valence-electron chi connectivity index (χ1n) is 17.8. The number of nitrogens with zero attached hydrogens (tertiary/aromatic N) is 1. The van der Waals surface area contributed by atoms with Crippen LogP contribution in [0, 0.1) is 0 Å². The highest BCUT2D eigenvalue weighted by molar-refractivity contribution is 4.67. The summed E-state index contributed by atoms with van der Waals surface area (Å²) in [5.74, 6) is 0. The third kappa shape index (κ3) is 30.6. The lowest BCUT2D eigenvalue weighted by Gasteiger charge is -2.27. The average Bonchev–Trinajstić information content (AvgIpc) is 2.94. The molecule has 4 heteroatoms. The molecule has 0 aliphatic rings. The van der Waals surface area contributed by atoms with Crippen LogP contribution in [0.4, 0.5) is 0 Å². The highest BCUT2D eigenvalue weighted by atomic mass is 16.5. The largest absolute Gasteiger partial charge is 0.395 e. The number of aliphatic hydroxyl groups excluding tert-OH is 1. The summed E-state index contributed by atoms with van der Waals surface area (Å²) in [7, 11) is 0. The molecule has 1 N–H and O–H groups in total. The minimum absolute atomic E-state index is 0.115. The van der Waals surface area contributed by atoms with E-state index in [1.807, 2.05) is 0 Å². The molecule has 1 atom stereocenters. The van der Waals surface area contributed by atoms with Crippen LogP contribution in [0.2, 0.25) is 0 Å². The van der Waals surface area contributed by atoms with Crippen molar-refractivity contribution in [2.75, 3.05) is 46.1 Å². The van der Waals surface area contributed by atoms with Gasteiger partial charge in [-0.2, -0.15) is 0 Å². The topological polar surface area (TPSA) is 41.9 Å². The molecule has 0 aromatic carbocycles. The van der Waals surface area contributed by atoms with Gasteiger partial charge < -0.3 is 14.6 Å². The van der Waals surface area contributed by atoms with Gasteiger partial charge in [0.15, 0.2) is 0 Å². The van der Waals surface area contributed by atoms with Crippen LogP contribution in [0.3, 0.4) is 0 Å². The molecule has 0 aromatic heterocycles. The Morgan fingerprint density at radius 2 is 0.897 bits per heavy atom. The summed E-state index contributed by atoms with van der Waals surface area (Å²) < 4.78 is 12.5. The van der Waals surface area contributed by atoms with E-state index in [2.05, 4.69) is 25.7 Å². The highest BCUT2D eigenvalue weighted by Gasteiger charge is 2.15. The molecule has 0 saturated carbocycles. The lowest BCUT2D eigenvalue weighted by atomic mass is 10.1. The van der Waals surface area contributed by atoms with Crippen molar-refractivity contribution in [3.05, 3.63) is 0 Å². The van der Waals surface area contributed by atoms with E-state index < -0.39 is 0 Å². The Morgan fingerprint density at radius 3 is 1.36 bits per heavy atom. The smallest absolute Gasteiger partial charge is 0.0934 e. The number of aliphatic hydroxyl groups is 1. The molecule has 0 amide bonds. The minimum Gasteiger partial charge on any atom is -0.395 e. The summed E-state index contributed by atoms with van der Waals surface area (Å²) in [6.07, 6.45) is 32.2. The van der Waals surface area contributed by atoms with Gasteiger partial charge in [0.1, 0.15) is 0 Å². The molecule has 0 heterocycles. The minimum atomic E-state index is 0.115. The molecule has 0 aliphatic carbocycles. The SMILES string of the molecule is CCCCCCCCCCCCOCC(CN(CCO)CCCCCC)OCCCCCCCCCCCC. The lowest BCUT2D eigenvalue weighted by Crippen LogP contribution is -2.39. The molecule has 0 radical (unpaired) electrons. The Kier molecular flexibility index (Phi) is 33.9. The molecule has 4 nitrogen and oxygen atoms in total. The Hall–Kier alpha value is -0.160. The van der Waals surface area contributed by atoms with Crippen molar-refractivity contribution in [1.29, 1.82) is 0 Å². The second kappa shape index (κ2) is 34.0. The van der Waals surface area contributed by atoms with Crippen LogP contribution in [0.25, 0.3) is 0 Å². The predicted molar refractivity (Wildman–Crippen MR) is 172 cm³/mol. The molecule has 1 unspecified atom stereocenters. The summed E-state index contributed by atoms with van der Waals surface area (Å²) >= 11 is 0. The van der Waals surface area contributed by atoms with Crippen molar-refractivity contribution in [1.82, 2.24) is 4.90 Å². The van der Waals surface area contributed by atoms with Crippen molar-refractivity contribution < 1.29 is 14.6 Å². The number of hydrogen-bond donors (Lipinski definition) is 1. The molecule has 0 rings (SSSR count). The molecular weight excluding hydrogens is 482 g/mol. The molecule has 0 aromatic rings. The van der Waals surface area contributed by atoms with Crippen molar-refractivity contribution in [3.8, 4) is 0 Å². The zero-order valence-electron chi connectivity index (χ0n) is 27.2. The fourth-order valence-electron chi connectivity index (χ4n) is 5.39. The van der Waals surface area contributed by atoms with Crippen molar-refractivity contribution in [3.63, 3.8) is 0 Å². The normalized spacial score (nSPS) is 12.5. The van der Waals surface area contributed by atoms with Gasteiger partial charge in [-0.05, 0) is 25.8 Å². The van der Waals surface area contributed by atoms with Crippen molar-refractivity contribution in [2.45, 2.75) is 181 Å². The zero-order chi connectivity index (χ0) is 28.5. The highest BCUT2D eigenvalue weighted by Crippen LogP contribution is 2.13. The summed E-state index contributed by atoms with van der Waals surface area (Å²) in [5.41, 5.74) is 0. The monoisotopic (exact) mass is 556 g/mol. The molecule has 0 spiro atoms. The number of rotatable bonds is 34. The maximum atomic E-state index is 9.60. The first kappa shape index (κ1) is 38.8. The molecule has 236 valence electrons. The van der Waals surface area contributed by atoms with Gasteiger partial charge in [0.2, 0.25) is 0 Å². The van der Waals surface area contributed by atoms with Crippen LogP contribution >= 0.6 is 0 Å². The quantitative estimate of drug-likeness (QED) is 0.0802. The predicted octanol–water partition coefficient (Wildman–Crippen LogP) is 10.1. The third-order valence-electron chi connectivity index (χ3n) is 8.00. The van der Waals surface area contributed by atoms with Crippen LogP contribution in [-0.2, 0) is 9.47 Å². The summed E-state index contributed by atoms with van der Waals surface area (Å²) in [4.78, 5) is 2.39. The second-order valence-corrected chi connectivity index (χ2v) is 12.0. The first-order chi connectivity index (χ1) is 19.3. The van der Waals surface area contributed by atoms with E-state index in [4.69, 9.17) is 9.47 Å². The lowest BCUT2D eigenvalue weighted by molar-refractivity contribution is -0.0359. The van der Waals surface area contributed by atoms with Gasteiger partial charge in [0.25, 0.3) is 0 Å². The average molecular weight is 556 g/mol. The summed E-state index contributed by atoms with van der Waals surface area (Å²) in [6, 6.07) is 0. The van der Waals surface area contributed by atoms with Crippen LogP contribution in [0.1, 0.15) is 175 Å². The maximum Gasteiger partial charge on any atom is 0.0934 e. The van der Waals surface area contributed by atoms with Gasteiger partial charge >= 0.3 is 0 Å². The number of ether oxygens (including phenoxy) is 2. The van der Waals surface area contributed by atoms with Gasteiger partial charge in [0, 0.05) is 26.3 Å². The van der Waals surface area contributed by atoms with E-state index in [0.717, 1.165) is 39.3 Å². The number of unbranched alkanes of at least 4 members (excludes halogenated alkanes) is 21. The van der Waals surface area contributed by atoms with Crippen LogP contribution < -0.4 is 0 Å². The summed E-state index contributed by atoms with van der Waals surface area (Å²) in [5, 5.41) is 9.60. The summed E-state index contributed by atoms with van der Waals surface area (Å²) in [6.45, 7) is 12.1. The Morgan fingerprint density at radius 1 is 0.487 bits per heavy atom. The first-order valence-corrected chi connectivity index (χ1v) is 17.8. The van der Waals surface area contributed by atoms with Crippen LogP contribution in [0.15, 0.2) is 0 Å². The van der Waals surface area contributed by atoms with E-state index in [9.17, 15) is 5.11 Å². The molecular formula is C35H73NO3. The van der Waals surface area contributed by atoms with Gasteiger partial charge in [-0.1, -0.05) is 156 Å². The van der Waals surface area contributed by atoms with E-state index in [-0.39, 0.29) is 12.7 Å².